The molecule has 2 N–H and O–H groups in total. The number of benzene rings is 1. The highest BCUT2D eigenvalue weighted by molar-refractivity contribution is 6.06. The zero-order chi connectivity index (χ0) is 19.5. The molecule has 1 aromatic carbocycles. The van der Waals surface area contributed by atoms with Gasteiger partial charge in [-0.3, -0.25) is 9.59 Å². The van der Waals surface area contributed by atoms with Crippen molar-refractivity contribution in [2.24, 2.45) is 0 Å². The summed E-state index contributed by atoms with van der Waals surface area (Å²) >= 11 is 0. The number of fused-ring (bicyclic) bond motifs is 2. The third kappa shape index (κ3) is 2.49. The molecule has 2 aliphatic heterocycles. The predicted molar refractivity (Wildman–Crippen MR) is 99.2 cm³/mol. The Balaban J connectivity index is 1.66. The first-order valence-electron chi connectivity index (χ1n) is 8.71. The minimum atomic E-state index is -0.470. The molecule has 0 aliphatic carbocycles. The SMILES string of the molecule is CC1=C(C(=O)Nc2ccc3c(c2)C(C)(C)NC3=O)[C@@H](C)n2nnnc2N1C. The summed E-state index contributed by atoms with van der Waals surface area (Å²) in [6.45, 7) is 7.64. The van der Waals surface area contributed by atoms with E-state index in [1.807, 2.05) is 40.8 Å². The fraction of sp³-hybridized carbons (Fsp3) is 0.389. The number of allylic oxidation sites excluding steroid dienone is 1. The van der Waals surface area contributed by atoms with Gasteiger partial charge < -0.3 is 15.5 Å². The summed E-state index contributed by atoms with van der Waals surface area (Å²) in [5.41, 5.74) is 3.06. The lowest BCUT2D eigenvalue weighted by atomic mass is 9.94. The Morgan fingerprint density at radius 1 is 1.33 bits per heavy atom. The molecule has 0 unspecified atom stereocenters. The molecule has 2 aliphatic rings. The normalized spacial score (nSPS) is 20.3. The van der Waals surface area contributed by atoms with E-state index >= 15 is 0 Å². The molecular formula is C18H21N7O2. The molecule has 0 radical (unpaired) electrons. The van der Waals surface area contributed by atoms with E-state index in [4.69, 9.17) is 0 Å². The zero-order valence-corrected chi connectivity index (χ0v) is 15.9. The maximum absolute atomic E-state index is 13.0. The number of rotatable bonds is 2. The highest BCUT2D eigenvalue weighted by atomic mass is 16.2. The summed E-state index contributed by atoms with van der Waals surface area (Å²) in [5.74, 6) is 0.281. The predicted octanol–water partition coefficient (Wildman–Crippen LogP) is 1.58. The van der Waals surface area contributed by atoms with Crippen molar-refractivity contribution >= 4 is 23.5 Å². The molecule has 9 heteroatoms. The summed E-state index contributed by atoms with van der Waals surface area (Å²) in [6.07, 6.45) is 0. The summed E-state index contributed by atoms with van der Waals surface area (Å²) in [7, 11) is 1.83. The Bertz CT molecular complexity index is 1000. The molecule has 9 nitrogen and oxygen atoms in total. The first kappa shape index (κ1) is 17.2. The number of amides is 2. The number of carbonyl (C=O) groups is 2. The van der Waals surface area contributed by atoms with Crippen LogP contribution in [0.2, 0.25) is 0 Å². The molecule has 0 bridgehead atoms. The molecular weight excluding hydrogens is 346 g/mol. The molecule has 1 aromatic heterocycles. The van der Waals surface area contributed by atoms with Gasteiger partial charge in [-0.1, -0.05) is 5.10 Å². The molecule has 1 atom stereocenters. The van der Waals surface area contributed by atoms with Gasteiger partial charge in [0.1, 0.15) is 0 Å². The Morgan fingerprint density at radius 3 is 2.81 bits per heavy atom. The van der Waals surface area contributed by atoms with Crippen LogP contribution in [0.15, 0.2) is 29.5 Å². The lowest BCUT2D eigenvalue weighted by molar-refractivity contribution is -0.113. The largest absolute Gasteiger partial charge is 0.343 e. The van der Waals surface area contributed by atoms with E-state index in [0.717, 1.165) is 11.3 Å². The van der Waals surface area contributed by atoms with Crippen LogP contribution in [-0.4, -0.2) is 39.1 Å². The summed E-state index contributed by atoms with van der Waals surface area (Å²) in [6, 6.07) is 5.04. The maximum atomic E-state index is 13.0. The Morgan fingerprint density at radius 2 is 2.07 bits per heavy atom. The molecule has 4 rings (SSSR count). The molecule has 0 saturated heterocycles. The van der Waals surface area contributed by atoms with Crippen molar-refractivity contribution in [3.63, 3.8) is 0 Å². The standard InChI is InChI=1S/C18H21N7O2/c1-9-14(10(2)25-17(24(9)5)21-22-23-25)16(27)19-11-6-7-12-13(8-11)18(3,4)20-15(12)26/h6-8,10H,1-5H3,(H,19,27)(H,20,26)/t10-/m1/s1. The Kier molecular flexibility index (Phi) is 3.59. The molecule has 27 heavy (non-hydrogen) atoms. The third-order valence-corrected chi connectivity index (χ3v) is 5.32. The fourth-order valence-electron chi connectivity index (χ4n) is 3.72. The number of hydrogen-bond acceptors (Lipinski definition) is 6. The minimum absolute atomic E-state index is 0.0971. The van der Waals surface area contributed by atoms with Crippen molar-refractivity contribution in [3.8, 4) is 0 Å². The monoisotopic (exact) mass is 367 g/mol. The van der Waals surface area contributed by atoms with Crippen LogP contribution < -0.4 is 15.5 Å². The van der Waals surface area contributed by atoms with Gasteiger partial charge in [-0.15, -0.1) is 0 Å². The van der Waals surface area contributed by atoms with Crippen LogP contribution in [0.5, 0.6) is 0 Å². The first-order chi connectivity index (χ1) is 12.7. The minimum Gasteiger partial charge on any atom is -0.343 e. The van der Waals surface area contributed by atoms with Crippen LogP contribution in [0, 0.1) is 0 Å². The third-order valence-electron chi connectivity index (χ3n) is 5.32. The smallest absolute Gasteiger partial charge is 0.255 e. The van der Waals surface area contributed by atoms with Crippen LogP contribution in [0.1, 0.15) is 49.7 Å². The van der Waals surface area contributed by atoms with E-state index < -0.39 is 5.54 Å². The topological polar surface area (TPSA) is 105 Å². The van der Waals surface area contributed by atoms with Gasteiger partial charge in [0, 0.05) is 24.0 Å². The number of hydrogen-bond donors (Lipinski definition) is 2. The number of anilines is 2. The molecule has 0 fully saturated rings. The van der Waals surface area contributed by atoms with Crippen LogP contribution >= 0.6 is 0 Å². The van der Waals surface area contributed by atoms with Gasteiger partial charge in [0.15, 0.2) is 0 Å². The second-order valence-corrected chi connectivity index (χ2v) is 7.45. The summed E-state index contributed by atoms with van der Waals surface area (Å²) < 4.78 is 1.62. The molecule has 0 spiro atoms. The second-order valence-electron chi connectivity index (χ2n) is 7.45. The van der Waals surface area contributed by atoms with E-state index in [9.17, 15) is 9.59 Å². The average molecular weight is 367 g/mol. The molecule has 0 saturated carbocycles. The van der Waals surface area contributed by atoms with Crippen molar-refractivity contribution in [2.75, 3.05) is 17.3 Å². The van der Waals surface area contributed by atoms with Gasteiger partial charge in [0.25, 0.3) is 11.8 Å². The van der Waals surface area contributed by atoms with Crippen LogP contribution in [-0.2, 0) is 10.3 Å². The van der Waals surface area contributed by atoms with Crippen molar-refractivity contribution in [3.05, 3.63) is 40.6 Å². The van der Waals surface area contributed by atoms with E-state index in [1.165, 1.54) is 0 Å². The number of tetrazole rings is 1. The van der Waals surface area contributed by atoms with Gasteiger partial charge in [0.2, 0.25) is 5.95 Å². The van der Waals surface area contributed by atoms with Gasteiger partial charge in [0.05, 0.1) is 17.2 Å². The first-order valence-corrected chi connectivity index (χ1v) is 8.71. The second kappa shape index (κ2) is 5.63. The highest BCUT2D eigenvalue weighted by Gasteiger charge is 2.36. The van der Waals surface area contributed by atoms with E-state index in [-0.39, 0.29) is 17.9 Å². The van der Waals surface area contributed by atoms with Gasteiger partial charge in [-0.2, -0.15) is 0 Å². The number of nitrogens with zero attached hydrogens (tertiary/aromatic N) is 5. The molecule has 140 valence electrons. The number of carbonyl (C=O) groups excluding carboxylic acids is 2. The number of nitrogens with one attached hydrogen (secondary N) is 2. The lowest BCUT2D eigenvalue weighted by Gasteiger charge is -2.30. The van der Waals surface area contributed by atoms with Crippen molar-refractivity contribution in [1.82, 2.24) is 25.5 Å². The molecule has 2 aromatic rings. The summed E-state index contributed by atoms with van der Waals surface area (Å²) in [5, 5.41) is 17.6. The zero-order valence-electron chi connectivity index (χ0n) is 15.9. The fourth-order valence-corrected chi connectivity index (χ4v) is 3.72. The van der Waals surface area contributed by atoms with E-state index in [1.54, 1.807) is 21.7 Å². The average Bonchev–Trinajstić information content (AvgIpc) is 3.17. The van der Waals surface area contributed by atoms with Gasteiger partial charge in [-0.05, 0) is 61.9 Å². The maximum Gasteiger partial charge on any atom is 0.255 e. The Hall–Kier alpha value is -3.23. The highest BCUT2D eigenvalue weighted by Crippen LogP contribution is 2.34. The summed E-state index contributed by atoms with van der Waals surface area (Å²) in [4.78, 5) is 26.9. The van der Waals surface area contributed by atoms with Crippen molar-refractivity contribution < 1.29 is 9.59 Å². The van der Waals surface area contributed by atoms with E-state index in [0.29, 0.717) is 22.8 Å². The molecule has 3 heterocycles. The van der Waals surface area contributed by atoms with Gasteiger partial charge in [-0.25, -0.2) is 4.68 Å². The lowest BCUT2D eigenvalue weighted by Crippen LogP contribution is -2.34. The quantitative estimate of drug-likeness (QED) is 0.835. The Labute approximate surface area is 156 Å². The van der Waals surface area contributed by atoms with Crippen LogP contribution in [0.25, 0.3) is 0 Å². The van der Waals surface area contributed by atoms with E-state index in [2.05, 4.69) is 26.2 Å². The van der Waals surface area contributed by atoms with Crippen LogP contribution in [0.4, 0.5) is 11.6 Å². The number of aromatic nitrogens is 4. The molecule has 2 amide bonds. The van der Waals surface area contributed by atoms with Crippen LogP contribution in [0.3, 0.4) is 0 Å². The van der Waals surface area contributed by atoms with Crippen molar-refractivity contribution in [1.29, 1.82) is 0 Å². The van der Waals surface area contributed by atoms with Crippen molar-refractivity contribution in [2.45, 2.75) is 39.3 Å². The van der Waals surface area contributed by atoms with Gasteiger partial charge >= 0.3 is 0 Å².